The van der Waals surface area contributed by atoms with E-state index in [2.05, 4.69) is 115 Å². The van der Waals surface area contributed by atoms with E-state index in [-0.39, 0.29) is 0 Å². The average molecular weight is 398 g/mol. The Morgan fingerprint density at radius 3 is 2.19 bits per heavy atom. The molecule has 31 heavy (non-hydrogen) atoms. The summed E-state index contributed by atoms with van der Waals surface area (Å²) in [5, 5.41) is 8.85. The Bertz CT molecular complexity index is 1440. The zero-order valence-electron chi connectivity index (χ0n) is 17.3. The van der Waals surface area contributed by atoms with Crippen molar-refractivity contribution in [3.8, 4) is 11.1 Å². The number of rotatable bonds is 3. The van der Waals surface area contributed by atoms with Crippen molar-refractivity contribution in [2.75, 3.05) is 5.32 Å². The standard InChI is InChI=1S/C30H23N/c1-2-7-21(8-3-1)28-12-6-10-23-15-17-25(19-29(23)28)31-26-18-16-24-14-13-22-9-4-5-11-27(22)30(24)20-26/h1-4,6-10,12-20,31H,5,11H2. The number of fused-ring (bicyclic) bond motifs is 4. The predicted molar refractivity (Wildman–Crippen MR) is 134 cm³/mol. The van der Waals surface area contributed by atoms with Crippen LogP contribution in [0.2, 0.25) is 0 Å². The second kappa shape index (κ2) is 7.45. The number of benzene rings is 5. The van der Waals surface area contributed by atoms with Gasteiger partial charge in [0.2, 0.25) is 0 Å². The maximum absolute atomic E-state index is 3.66. The second-order valence-electron chi connectivity index (χ2n) is 8.24. The highest BCUT2D eigenvalue weighted by atomic mass is 14.9. The lowest BCUT2D eigenvalue weighted by atomic mass is 9.91. The molecule has 0 saturated heterocycles. The molecule has 6 rings (SSSR count). The van der Waals surface area contributed by atoms with Crippen molar-refractivity contribution in [1.29, 1.82) is 0 Å². The molecule has 5 aromatic rings. The first-order chi connectivity index (χ1) is 15.3. The van der Waals surface area contributed by atoms with Gasteiger partial charge in [0.15, 0.2) is 0 Å². The summed E-state index contributed by atoms with van der Waals surface area (Å²) in [4.78, 5) is 0. The number of aryl methyl sites for hydroxylation is 1. The Kier molecular flexibility index (Phi) is 4.32. The van der Waals surface area contributed by atoms with E-state index in [4.69, 9.17) is 0 Å². The molecule has 1 aliphatic rings. The Morgan fingerprint density at radius 1 is 0.613 bits per heavy atom. The van der Waals surface area contributed by atoms with Crippen LogP contribution >= 0.6 is 0 Å². The average Bonchev–Trinajstić information content (AvgIpc) is 2.84. The van der Waals surface area contributed by atoms with Crippen LogP contribution in [0.15, 0.2) is 103 Å². The summed E-state index contributed by atoms with van der Waals surface area (Å²) >= 11 is 0. The number of nitrogens with one attached hydrogen (secondary N) is 1. The summed E-state index contributed by atoms with van der Waals surface area (Å²) in [6.45, 7) is 0. The van der Waals surface area contributed by atoms with E-state index < -0.39 is 0 Å². The molecule has 0 aromatic heterocycles. The van der Waals surface area contributed by atoms with Crippen LogP contribution in [0.5, 0.6) is 0 Å². The first-order valence-corrected chi connectivity index (χ1v) is 10.9. The fraction of sp³-hybridized carbons (Fsp3) is 0.0667. The largest absolute Gasteiger partial charge is 0.355 e. The minimum absolute atomic E-state index is 1.11. The topological polar surface area (TPSA) is 12.0 Å². The van der Waals surface area contributed by atoms with Crippen molar-refractivity contribution < 1.29 is 0 Å². The van der Waals surface area contributed by atoms with E-state index in [9.17, 15) is 0 Å². The zero-order chi connectivity index (χ0) is 20.6. The van der Waals surface area contributed by atoms with Crippen molar-refractivity contribution in [3.05, 3.63) is 114 Å². The molecule has 1 nitrogen and oxygen atoms in total. The molecular formula is C30H23N. The highest BCUT2D eigenvalue weighted by molar-refractivity contribution is 5.99. The third-order valence-corrected chi connectivity index (χ3v) is 6.28. The van der Waals surface area contributed by atoms with E-state index in [1.807, 2.05) is 0 Å². The van der Waals surface area contributed by atoms with Crippen LogP contribution in [0.1, 0.15) is 17.5 Å². The predicted octanol–water partition coefficient (Wildman–Crippen LogP) is 8.36. The first kappa shape index (κ1) is 18.0. The Balaban J connectivity index is 1.42. The van der Waals surface area contributed by atoms with Crippen molar-refractivity contribution in [3.63, 3.8) is 0 Å². The molecular weight excluding hydrogens is 374 g/mol. The van der Waals surface area contributed by atoms with Crippen LogP contribution < -0.4 is 5.32 Å². The molecule has 0 spiro atoms. The van der Waals surface area contributed by atoms with Crippen LogP contribution in [0, 0.1) is 0 Å². The van der Waals surface area contributed by atoms with Crippen molar-refractivity contribution in [2.45, 2.75) is 12.8 Å². The fourth-order valence-electron chi connectivity index (χ4n) is 4.74. The van der Waals surface area contributed by atoms with Crippen LogP contribution in [0.3, 0.4) is 0 Å². The van der Waals surface area contributed by atoms with Gasteiger partial charge in [-0.05, 0) is 80.9 Å². The summed E-state index contributed by atoms with van der Waals surface area (Å²) in [6.07, 6.45) is 6.77. The summed E-state index contributed by atoms with van der Waals surface area (Å²) in [5.74, 6) is 0. The van der Waals surface area contributed by atoms with Gasteiger partial charge in [-0.2, -0.15) is 0 Å². The van der Waals surface area contributed by atoms with Crippen molar-refractivity contribution in [1.82, 2.24) is 0 Å². The molecule has 0 aliphatic heterocycles. The second-order valence-corrected chi connectivity index (χ2v) is 8.24. The lowest BCUT2D eigenvalue weighted by molar-refractivity contribution is 0.997. The van der Waals surface area contributed by atoms with Gasteiger partial charge >= 0.3 is 0 Å². The molecule has 0 saturated carbocycles. The van der Waals surface area contributed by atoms with Gasteiger partial charge < -0.3 is 5.32 Å². The summed E-state index contributed by atoms with van der Waals surface area (Å²) in [6, 6.07) is 35.0. The number of hydrogen-bond donors (Lipinski definition) is 1. The SMILES string of the molecule is C1=Cc2ccc3ccc(Nc4ccc5cccc(-c6ccccc6)c5c4)cc3c2CC1. The quantitative estimate of drug-likeness (QED) is 0.322. The Labute approximate surface area is 182 Å². The molecule has 1 heteroatoms. The van der Waals surface area contributed by atoms with Crippen LogP contribution in [0.25, 0.3) is 38.7 Å². The van der Waals surface area contributed by atoms with Crippen LogP contribution in [-0.2, 0) is 6.42 Å². The Hall–Kier alpha value is -3.84. The van der Waals surface area contributed by atoms with Gasteiger partial charge in [-0.15, -0.1) is 0 Å². The van der Waals surface area contributed by atoms with Gasteiger partial charge in [-0.25, -0.2) is 0 Å². The summed E-state index contributed by atoms with van der Waals surface area (Å²) in [7, 11) is 0. The molecule has 0 heterocycles. The molecule has 148 valence electrons. The molecule has 0 radical (unpaired) electrons. The molecule has 0 fully saturated rings. The molecule has 0 amide bonds. The maximum Gasteiger partial charge on any atom is 0.0390 e. The first-order valence-electron chi connectivity index (χ1n) is 10.9. The molecule has 5 aromatic carbocycles. The molecule has 1 aliphatic carbocycles. The highest BCUT2D eigenvalue weighted by Gasteiger charge is 2.10. The smallest absolute Gasteiger partial charge is 0.0390 e. The van der Waals surface area contributed by atoms with Gasteiger partial charge in [0.05, 0.1) is 0 Å². The molecule has 1 N–H and O–H groups in total. The van der Waals surface area contributed by atoms with E-state index >= 15 is 0 Å². The van der Waals surface area contributed by atoms with Gasteiger partial charge in [-0.1, -0.05) is 84.9 Å². The van der Waals surface area contributed by atoms with Crippen LogP contribution in [-0.4, -0.2) is 0 Å². The summed E-state index contributed by atoms with van der Waals surface area (Å²) < 4.78 is 0. The molecule has 0 atom stereocenters. The van der Waals surface area contributed by atoms with Gasteiger partial charge in [0, 0.05) is 11.4 Å². The minimum Gasteiger partial charge on any atom is -0.355 e. The van der Waals surface area contributed by atoms with Gasteiger partial charge in [-0.3, -0.25) is 0 Å². The normalized spacial score (nSPS) is 12.8. The van der Waals surface area contributed by atoms with Gasteiger partial charge in [0.25, 0.3) is 0 Å². The third kappa shape index (κ3) is 3.29. The zero-order valence-corrected chi connectivity index (χ0v) is 17.3. The number of anilines is 2. The molecule has 0 bridgehead atoms. The van der Waals surface area contributed by atoms with Gasteiger partial charge in [0.1, 0.15) is 0 Å². The van der Waals surface area contributed by atoms with E-state index in [0.717, 1.165) is 24.2 Å². The number of allylic oxidation sites excluding steroid dienone is 1. The highest BCUT2D eigenvalue weighted by Crippen LogP contribution is 2.33. The third-order valence-electron chi connectivity index (χ3n) is 6.28. The van der Waals surface area contributed by atoms with Crippen molar-refractivity contribution >= 4 is 39.0 Å². The monoisotopic (exact) mass is 397 g/mol. The lowest BCUT2D eigenvalue weighted by Crippen LogP contribution is -1.97. The minimum atomic E-state index is 1.11. The van der Waals surface area contributed by atoms with E-state index in [1.54, 1.807) is 0 Å². The fourth-order valence-corrected chi connectivity index (χ4v) is 4.74. The summed E-state index contributed by atoms with van der Waals surface area (Å²) in [5.41, 5.74) is 7.58. The lowest BCUT2D eigenvalue weighted by Gasteiger charge is -2.16. The molecule has 0 unspecified atom stereocenters. The Morgan fingerprint density at radius 2 is 1.35 bits per heavy atom. The number of hydrogen-bond acceptors (Lipinski definition) is 1. The van der Waals surface area contributed by atoms with Crippen LogP contribution in [0.4, 0.5) is 11.4 Å². The van der Waals surface area contributed by atoms with E-state index in [0.29, 0.717) is 0 Å². The maximum atomic E-state index is 3.66. The van der Waals surface area contributed by atoms with E-state index in [1.165, 1.54) is 43.8 Å². The van der Waals surface area contributed by atoms with Crippen molar-refractivity contribution in [2.24, 2.45) is 0 Å².